The number of carbonyl (C=O) groups excluding carboxylic acids is 1. The minimum Gasteiger partial charge on any atom is -0.497 e. The van der Waals surface area contributed by atoms with E-state index in [4.69, 9.17) is 18.8 Å². The van der Waals surface area contributed by atoms with Gasteiger partial charge in [0.05, 0.1) is 24.9 Å². The number of ether oxygens (including phenoxy) is 2. The summed E-state index contributed by atoms with van der Waals surface area (Å²) < 4.78 is 23.0. The van der Waals surface area contributed by atoms with E-state index >= 15 is 0 Å². The first-order chi connectivity index (χ1) is 11.2. The van der Waals surface area contributed by atoms with Crippen LogP contribution in [0.3, 0.4) is 0 Å². The van der Waals surface area contributed by atoms with Gasteiger partial charge in [0, 0.05) is 17.8 Å². The molecule has 2 fully saturated rings. The van der Waals surface area contributed by atoms with E-state index in [9.17, 15) is 4.79 Å². The molecule has 2 saturated heterocycles. The maximum absolute atomic E-state index is 11.3. The van der Waals surface area contributed by atoms with Crippen molar-refractivity contribution in [2.45, 2.75) is 57.7 Å². The smallest absolute Gasteiger partial charge is 0.497 e. The number of benzene rings is 1. The Kier molecular flexibility index (Phi) is 4.38. The monoisotopic (exact) mass is 332 g/mol. The fourth-order valence-electron chi connectivity index (χ4n) is 3.07. The third-order valence-corrected chi connectivity index (χ3v) is 5.37. The van der Waals surface area contributed by atoms with Crippen molar-refractivity contribution in [2.75, 3.05) is 13.7 Å². The zero-order valence-corrected chi connectivity index (χ0v) is 15.0. The molecule has 0 spiro atoms. The SMILES string of the molecule is COc1ccc([C@@H]2CCC(=O)OC2)cc1B1OC(C)(C)C(C)(C)O1. The molecule has 6 heteroatoms. The van der Waals surface area contributed by atoms with Gasteiger partial charge in [-0.25, -0.2) is 0 Å². The van der Waals surface area contributed by atoms with Crippen LogP contribution in [0.5, 0.6) is 5.75 Å². The van der Waals surface area contributed by atoms with Crippen molar-refractivity contribution in [1.82, 2.24) is 0 Å². The van der Waals surface area contributed by atoms with Crippen LogP contribution in [0, 0.1) is 0 Å². The maximum atomic E-state index is 11.3. The topological polar surface area (TPSA) is 54.0 Å². The summed E-state index contributed by atoms with van der Waals surface area (Å²) in [6.45, 7) is 8.55. The standard InChI is InChI=1S/C18H25BO5/c1-17(2)18(3,4)24-19(23-17)14-10-12(6-8-15(14)21-5)13-7-9-16(20)22-11-13/h6,8,10,13H,7,9,11H2,1-5H3/t13-/m1/s1. The van der Waals surface area contributed by atoms with Crippen LogP contribution >= 0.6 is 0 Å². The number of hydrogen-bond donors (Lipinski definition) is 0. The molecule has 0 saturated carbocycles. The molecular formula is C18H25BO5. The first-order valence-corrected chi connectivity index (χ1v) is 8.42. The van der Waals surface area contributed by atoms with E-state index in [0.29, 0.717) is 13.0 Å². The summed E-state index contributed by atoms with van der Waals surface area (Å²) in [5.74, 6) is 0.825. The van der Waals surface area contributed by atoms with Crippen LogP contribution in [0.1, 0.15) is 52.0 Å². The highest BCUT2D eigenvalue weighted by molar-refractivity contribution is 6.63. The highest BCUT2D eigenvalue weighted by atomic mass is 16.7. The quantitative estimate of drug-likeness (QED) is 0.628. The highest BCUT2D eigenvalue weighted by Crippen LogP contribution is 2.37. The third-order valence-electron chi connectivity index (χ3n) is 5.37. The van der Waals surface area contributed by atoms with E-state index in [1.165, 1.54) is 0 Å². The summed E-state index contributed by atoms with van der Waals surface area (Å²) in [5.41, 5.74) is 1.19. The molecule has 0 N–H and O–H groups in total. The summed E-state index contributed by atoms with van der Waals surface area (Å²) in [6.07, 6.45) is 1.26. The van der Waals surface area contributed by atoms with Gasteiger partial charge in [0.1, 0.15) is 5.75 Å². The molecule has 24 heavy (non-hydrogen) atoms. The van der Waals surface area contributed by atoms with Gasteiger partial charge in [-0.2, -0.15) is 0 Å². The lowest BCUT2D eigenvalue weighted by Crippen LogP contribution is -2.41. The van der Waals surface area contributed by atoms with Crippen LogP contribution < -0.4 is 10.2 Å². The number of methoxy groups -OCH3 is 1. The Labute approximate surface area is 143 Å². The zero-order valence-electron chi connectivity index (χ0n) is 15.0. The minimum atomic E-state index is -0.476. The summed E-state index contributed by atoms with van der Waals surface area (Å²) in [7, 11) is 1.17. The molecule has 2 aliphatic heterocycles. The van der Waals surface area contributed by atoms with Crippen LogP contribution in [0.4, 0.5) is 0 Å². The summed E-state index contributed by atoms with van der Waals surface area (Å²) >= 11 is 0. The molecule has 2 aliphatic rings. The molecule has 5 nitrogen and oxygen atoms in total. The molecule has 0 aromatic heterocycles. The lowest BCUT2D eigenvalue weighted by Gasteiger charge is -2.32. The Bertz CT molecular complexity index is 614. The molecule has 130 valence electrons. The van der Waals surface area contributed by atoms with Crippen molar-refractivity contribution >= 4 is 18.6 Å². The van der Waals surface area contributed by atoms with Crippen molar-refractivity contribution in [3.63, 3.8) is 0 Å². The summed E-state index contributed by atoms with van der Waals surface area (Å²) in [5, 5.41) is 0. The second-order valence-electron chi connectivity index (χ2n) is 7.51. The summed E-state index contributed by atoms with van der Waals surface area (Å²) in [4.78, 5) is 11.3. The van der Waals surface area contributed by atoms with Crippen molar-refractivity contribution in [3.8, 4) is 5.75 Å². The van der Waals surface area contributed by atoms with Crippen molar-refractivity contribution in [3.05, 3.63) is 23.8 Å². The first kappa shape index (κ1) is 17.3. The third kappa shape index (κ3) is 3.05. The molecule has 2 heterocycles. The number of cyclic esters (lactones) is 1. The molecule has 0 unspecified atom stereocenters. The van der Waals surface area contributed by atoms with E-state index in [1.807, 2.05) is 39.8 Å². The predicted octanol–water partition coefficient (Wildman–Crippen LogP) is 2.42. The molecule has 1 atom stereocenters. The summed E-state index contributed by atoms with van der Waals surface area (Å²) in [6, 6.07) is 6.02. The number of esters is 1. The van der Waals surface area contributed by atoms with Gasteiger partial charge in [0.2, 0.25) is 0 Å². The zero-order chi connectivity index (χ0) is 17.5. The van der Waals surface area contributed by atoms with Gasteiger partial charge in [-0.1, -0.05) is 12.1 Å². The van der Waals surface area contributed by atoms with Gasteiger partial charge < -0.3 is 18.8 Å². The van der Waals surface area contributed by atoms with Gasteiger partial charge in [-0.3, -0.25) is 4.79 Å². The Morgan fingerprint density at radius 1 is 1.17 bits per heavy atom. The minimum absolute atomic E-state index is 0.119. The van der Waals surface area contributed by atoms with Gasteiger partial charge >= 0.3 is 13.1 Å². The number of rotatable bonds is 3. The van der Waals surface area contributed by atoms with Crippen molar-refractivity contribution in [1.29, 1.82) is 0 Å². The van der Waals surface area contributed by atoms with Crippen molar-refractivity contribution in [2.24, 2.45) is 0 Å². The van der Waals surface area contributed by atoms with Crippen molar-refractivity contribution < 1.29 is 23.6 Å². The molecule has 3 rings (SSSR count). The molecule has 0 amide bonds. The highest BCUT2D eigenvalue weighted by Gasteiger charge is 2.52. The average Bonchev–Trinajstić information content (AvgIpc) is 2.75. The largest absolute Gasteiger partial charge is 0.498 e. The molecular weight excluding hydrogens is 307 g/mol. The molecule has 0 bridgehead atoms. The maximum Gasteiger partial charge on any atom is 0.498 e. The van der Waals surface area contributed by atoms with E-state index < -0.39 is 18.3 Å². The van der Waals surface area contributed by atoms with Crippen LogP contribution in [0.25, 0.3) is 0 Å². The molecule has 0 radical (unpaired) electrons. The average molecular weight is 332 g/mol. The second kappa shape index (κ2) is 6.08. The fraction of sp³-hybridized carbons (Fsp3) is 0.611. The van der Waals surface area contributed by atoms with Crippen LogP contribution in [0.15, 0.2) is 18.2 Å². The Morgan fingerprint density at radius 3 is 2.38 bits per heavy atom. The van der Waals surface area contributed by atoms with Gasteiger partial charge in [0.15, 0.2) is 0 Å². The number of carbonyl (C=O) groups is 1. The Morgan fingerprint density at radius 2 is 1.83 bits per heavy atom. The number of hydrogen-bond acceptors (Lipinski definition) is 5. The van der Waals surface area contributed by atoms with E-state index in [1.54, 1.807) is 7.11 Å². The van der Waals surface area contributed by atoms with Gasteiger partial charge in [-0.15, -0.1) is 0 Å². The Hall–Kier alpha value is -1.53. The predicted molar refractivity (Wildman–Crippen MR) is 91.6 cm³/mol. The fourth-order valence-corrected chi connectivity index (χ4v) is 3.07. The van der Waals surface area contributed by atoms with E-state index in [0.717, 1.165) is 23.2 Å². The lowest BCUT2D eigenvalue weighted by molar-refractivity contribution is -0.147. The molecule has 1 aromatic carbocycles. The van der Waals surface area contributed by atoms with Crippen LogP contribution in [0.2, 0.25) is 0 Å². The van der Waals surface area contributed by atoms with Gasteiger partial charge in [0.25, 0.3) is 0 Å². The molecule has 0 aliphatic carbocycles. The van der Waals surface area contributed by atoms with E-state index in [-0.39, 0.29) is 11.9 Å². The van der Waals surface area contributed by atoms with E-state index in [2.05, 4.69) is 6.07 Å². The first-order valence-electron chi connectivity index (χ1n) is 8.42. The lowest BCUT2D eigenvalue weighted by atomic mass is 9.76. The normalized spacial score (nSPS) is 25.5. The van der Waals surface area contributed by atoms with Crippen LogP contribution in [-0.4, -0.2) is 38.0 Å². The van der Waals surface area contributed by atoms with Crippen LogP contribution in [-0.2, 0) is 18.8 Å². The molecule has 1 aromatic rings. The Balaban J connectivity index is 1.90. The van der Waals surface area contributed by atoms with Gasteiger partial charge in [-0.05, 0) is 45.7 Å². The second-order valence-corrected chi connectivity index (χ2v) is 7.51.